The molecule has 96 valence electrons. The maximum atomic E-state index is 5.91. The van der Waals surface area contributed by atoms with Crippen molar-refractivity contribution in [3.63, 3.8) is 0 Å². The van der Waals surface area contributed by atoms with Crippen LogP contribution in [0.1, 0.15) is 18.9 Å². The van der Waals surface area contributed by atoms with Gasteiger partial charge in [0.15, 0.2) is 23.4 Å². The third-order valence-electron chi connectivity index (χ3n) is 2.88. The molecule has 1 aliphatic heterocycles. The van der Waals surface area contributed by atoms with Crippen molar-refractivity contribution in [2.24, 2.45) is 0 Å². The van der Waals surface area contributed by atoms with E-state index in [4.69, 9.17) is 9.47 Å². The average Bonchev–Trinajstić information content (AvgIpc) is 2.86. The van der Waals surface area contributed by atoms with Crippen molar-refractivity contribution >= 4 is 12.4 Å². The quantitative estimate of drug-likeness (QED) is 0.839. The lowest BCUT2D eigenvalue weighted by Gasteiger charge is -2.26. The van der Waals surface area contributed by atoms with Gasteiger partial charge in [0.05, 0.1) is 0 Å². The number of halogens is 1. The first-order valence-corrected chi connectivity index (χ1v) is 5.78. The summed E-state index contributed by atoms with van der Waals surface area (Å²) in [5.41, 5.74) is 0. The lowest BCUT2D eigenvalue weighted by molar-refractivity contribution is 0.0825. The standard InChI is InChI=1S/C13H14N2O2.ClH/c1-2-15-8-7-14-13(15)12-9-16-10-5-3-4-6-11(10)17-12;/h3-8,12H,2,9H2,1H3;1H. The van der Waals surface area contributed by atoms with E-state index in [-0.39, 0.29) is 18.5 Å². The maximum absolute atomic E-state index is 5.91. The zero-order valence-corrected chi connectivity index (χ0v) is 10.9. The van der Waals surface area contributed by atoms with E-state index in [1.165, 1.54) is 0 Å². The number of para-hydroxylation sites is 2. The summed E-state index contributed by atoms with van der Waals surface area (Å²) in [6, 6.07) is 7.71. The summed E-state index contributed by atoms with van der Waals surface area (Å²) < 4.78 is 13.7. The van der Waals surface area contributed by atoms with Crippen molar-refractivity contribution < 1.29 is 9.47 Å². The third kappa shape index (κ3) is 2.16. The predicted octanol–water partition coefficient (Wildman–Crippen LogP) is 2.84. The maximum Gasteiger partial charge on any atom is 0.190 e. The lowest BCUT2D eigenvalue weighted by Crippen LogP contribution is -2.24. The van der Waals surface area contributed by atoms with Crippen molar-refractivity contribution in [1.29, 1.82) is 0 Å². The normalized spacial score (nSPS) is 17.1. The second-order valence-corrected chi connectivity index (χ2v) is 3.94. The third-order valence-corrected chi connectivity index (χ3v) is 2.88. The van der Waals surface area contributed by atoms with E-state index in [0.717, 1.165) is 23.9 Å². The molecular formula is C13H15ClN2O2. The van der Waals surface area contributed by atoms with Crippen molar-refractivity contribution in [2.75, 3.05) is 6.61 Å². The average molecular weight is 267 g/mol. The van der Waals surface area contributed by atoms with E-state index in [2.05, 4.69) is 16.5 Å². The van der Waals surface area contributed by atoms with Crippen molar-refractivity contribution in [1.82, 2.24) is 9.55 Å². The molecule has 0 fully saturated rings. The Morgan fingerprint density at radius 3 is 2.89 bits per heavy atom. The Morgan fingerprint density at radius 2 is 2.11 bits per heavy atom. The molecule has 5 heteroatoms. The molecule has 0 radical (unpaired) electrons. The largest absolute Gasteiger partial charge is 0.485 e. The molecular weight excluding hydrogens is 252 g/mol. The van der Waals surface area contributed by atoms with Gasteiger partial charge in [0.2, 0.25) is 0 Å². The van der Waals surface area contributed by atoms with Gasteiger partial charge in [-0.3, -0.25) is 0 Å². The van der Waals surface area contributed by atoms with E-state index < -0.39 is 0 Å². The van der Waals surface area contributed by atoms with Crippen LogP contribution in [-0.2, 0) is 6.54 Å². The van der Waals surface area contributed by atoms with Crippen LogP contribution in [0.5, 0.6) is 11.5 Å². The number of aryl methyl sites for hydroxylation is 1. The molecule has 4 nitrogen and oxygen atoms in total. The number of hydrogen-bond donors (Lipinski definition) is 0. The van der Waals surface area contributed by atoms with Crippen molar-refractivity contribution in [3.05, 3.63) is 42.5 Å². The van der Waals surface area contributed by atoms with E-state index in [9.17, 15) is 0 Å². The summed E-state index contributed by atoms with van der Waals surface area (Å²) >= 11 is 0. The van der Waals surface area contributed by atoms with Gasteiger partial charge in [0.1, 0.15) is 6.61 Å². The smallest absolute Gasteiger partial charge is 0.190 e. The van der Waals surface area contributed by atoms with Gasteiger partial charge < -0.3 is 14.0 Å². The molecule has 0 saturated heterocycles. The molecule has 18 heavy (non-hydrogen) atoms. The molecule has 0 saturated carbocycles. The number of ether oxygens (including phenoxy) is 2. The van der Waals surface area contributed by atoms with Gasteiger partial charge in [0.25, 0.3) is 0 Å². The molecule has 0 N–H and O–H groups in total. The molecule has 1 atom stereocenters. The molecule has 1 aromatic carbocycles. The van der Waals surface area contributed by atoms with Crippen LogP contribution in [0.2, 0.25) is 0 Å². The number of aromatic nitrogens is 2. The summed E-state index contributed by atoms with van der Waals surface area (Å²) in [5, 5.41) is 0. The topological polar surface area (TPSA) is 36.3 Å². The van der Waals surface area contributed by atoms with Crippen LogP contribution >= 0.6 is 12.4 Å². The van der Waals surface area contributed by atoms with Gasteiger partial charge in [-0.25, -0.2) is 4.98 Å². The molecule has 1 unspecified atom stereocenters. The highest BCUT2D eigenvalue weighted by Crippen LogP contribution is 2.35. The SMILES string of the molecule is CCn1ccnc1C1COc2ccccc2O1.Cl. The minimum atomic E-state index is -0.125. The first kappa shape index (κ1) is 12.8. The predicted molar refractivity (Wildman–Crippen MR) is 70.5 cm³/mol. The second-order valence-electron chi connectivity index (χ2n) is 3.94. The highest BCUT2D eigenvalue weighted by atomic mass is 35.5. The molecule has 0 spiro atoms. The minimum Gasteiger partial charge on any atom is -0.485 e. The summed E-state index contributed by atoms with van der Waals surface area (Å²) in [5.74, 6) is 2.51. The Kier molecular flexibility index (Phi) is 3.77. The number of hydrogen-bond acceptors (Lipinski definition) is 3. The summed E-state index contributed by atoms with van der Waals surface area (Å²) in [4.78, 5) is 4.34. The van der Waals surface area contributed by atoms with Crippen LogP contribution in [0, 0.1) is 0 Å². The number of imidazole rings is 1. The lowest BCUT2D eigenvalue weighted by atomic mass is 10.2. The number of benzene rings is 1. The number of rotatable bonds is 2. The van der Waals surface area contributed by atoms with E-state index in [1.54, 1.807) is 6.20 Å². The molecule has 3 rings (SSSR count). The van der Waals surface area contributed by atoms with Gasteiger partial charge >= 0.3 is 0 Å². The second kappa shape index (κ2) is 5.31. The molecule has 2 aromatic rings. The Hall–Kier alpha value is -1.68. The Balaban J connectivity index is 0.00000120. The van der Waals surface area contributed by atoms with Gasteiger partial charge in [-0.15, -0.1) is 12.4 Å². The summed E-state index contributed by atoms with van der Waals surface area (Å²) in [7, 11) is 0. The van der Waals surface area contributed by atoms with E-state index in [0.29, 0.717) is 6.61 Å². The summed E-state index contributed by atoms with van der Waals surface area (Å²) in [6.45, 7) is 3.48. The Morgan fingerprint density at radius 1 is 1.33 bits per heavy atom. The highest BCUT2D eigenvalue weighted by molar-refractivity contribution is 5.85. The van der Waals surface area contributed by atoms with Crippen LogP contribution < -0.4 is 9.47 Å². The Bertz CT molecular complexity index is 527. The molecule has 0 amide bonds. The zero-order valence-electron chi connectivity index (χ0n) is 10.1. The monoisotopic (exact) mass is 266 g/mol. The van der Waals surface area contributed by atoms with Crippen molar-refractivity contribution in [2.45, 2.75) is 19.6 Å². The summed E-state index contributed by atoms with van der Waals surface area (Å²) in [6.07, 6.45) is 3.63. The van der Waals surface area contributed by atoms with Crippen molar-refractivity contribution in [3.8, 4) is 11.5 Å². The molecule has 1 aliphatic rings. The van der Waals surface area contributed by atoms with E-state index >= 15 is 0 Å². The van der Waals surface area contributed by atoms with Gasteiger partial charge in [-0.2, -0.15) is 0 Å². The van der Waals surface area contributed by atoms with E-state index in [1.807, 2.05) is 30.5 Å². The first-order chi connectivity index (χ1) is 8.38. The fourth-order valence-electron chi connectivity index (χ4n) is 2.02. The Labute approximate surface area is 112 Å². The molecule has 2 heterocycles. The highest BCUT2D eigenvalue weighted by Gasteiger charge is 2.25. The zero-order chi connectivity index (χ0) is 11.7. The van der Waals surface area contributed by atoms with Crippen LogP contribution in [0.15, 0.2) is 36.7 Å². The fraction of sp³-hybridized carbons (Fsp3) is 0.308. The van der Waals surface area contributed by atoms with Crippen LogP contribution in [0.25, 0.3) is 0 Å². The minimum absolute atomic E-state index is 0. The fourth-order valence-corrected chi connectivity index (χ4v) is 2.02. The molecule has 0 bridgehead atoms. The van der Waals surface area contributed by atoms with Crippen LogP contribution in [0.4, 0.5) is 0 Å². The van der Waals surface area contributed by atoms with Gasteiger partial charge in [-0.1, -0.05) is 12.1 Å². The van der Waals surface area contributed by atoms with Crippen LogP contribution in [0.3, 0.4) is 0 Å². The first-order valence-electron chi connectivity index (χ1n) is 5.78. The molecule has 1 aromatic heterocycles. The number of nitrogens with zero attached hydrogens (tertiary/aromatic N) is 2. The molecule has 0 aliphatic carbocycles. The van der Waals surface area contributed by atoms with Crippen LogP contribution in [-0.4, -0.2) is 16.2 Å². The number of fused-ring (bicyclic) bond motifs is 1. The van der Waals surface area contributed by atoms with Gasteiger partial charge in [-0.05, 0) is 19.1 Å². The van der Waals surface area contributed by atoms with Gasteiger partial charge in [0, 0.05) is 18.9 Å².